The lowest BCUT2D eigenvalue weighted by Gasteiger charge is -2.10. The van der Waals surface area contributed by atoms with Crippen LogP contribution in [0.4, 0.5) is 0 Å². The first-order valence-corrected chi connectivity index (χ1v) is 15.5. The second-order valence-electron chi connectivity index (χ2n) is 11.3. The van der Waals surface area contributed by atoms with Crippen molar-refractivity contribution in [3.63, 3.8) is 0 Å². The van der Waals surface area contributed by atoms with E-state index in [1.54, 1.807) is 0 Å². The van der Waals surface area contributed by atoms with E-state index >= 15 is 0 Å². The molecule has 0 atom stereocenters. The average molecular weight is 565 g/mol. The number of rotatable bonds is 2. The summed E-state index contributed by atoms with van der Waals surface area (Å²) in [4.78, 5) is 0. The maximum atomic E-state index is 2.52. The van der Waals surface area contributed by atoms with Crippen LogP contribution in [0, 0.1) is 0 Å². The third-order valence-electron chi connectivity index (χ3n) is 9.06. The number of fused-ring (bicyclic) bond motifs is 13. The highest BCUT2D eigenvalue weighted by atomic mass is 32.1. The van der Waals surface area contributed by atoms with Crippen LogP contribution in [0.15, 0.2) is 146 Å². The zero-order chi connectivity index (χ0) is 28.1. The molecular weight excluding hydrogens is 541 g/mol. The van der Waals surface area contributed by atoms with Crippen molar-refractivity contribution in [1.29, 1.82) is 0 Å². The third-order valence-corrected chi connectivity index (χ3v) is 10.3. The van der Waals surface area contributed by atoms with Gasteiger partial charge in [-0.15, -0.1) is 11.3 Å². The van der Waals surface area contributed by atoms with Crippen LogP contribution >= 0.6 is 11.3 Å². The van der Waals surface area contributed by atoms with Gasteiger partial charge in [0.25, 0.3) is 0 Å². The van der Waals surface area contributed by atoms with E-state index in [4.69, 9.17) is 0 Å². The van der Waals surface area contributed by atoms with Crippen LogP contribution in [0.5, 0.6) is 0 Å². The van der Waals surface area contributed by atoms with Gasteiger partial charge in [0.05, 0.1) is 22.1 Å². The molecule has 43 heavy (non-hydrogen) atoms. The molecule has 0 spiro atoms. The zero-order valence-corrected chi connectivity index (χ0v) is 24.0. The molecule has 200 valence electrons. The highest BCUT2D eigenvalue weighted by Crippen LogP contribution is 2.49. The molecule has 0 amide bonds. The zero-order valence-electron chi connectivity index (χ0n) is 23.2. The van der Waals surface area contributed by atoms with Crippen LogP contribution in [-0.2, 0) is 0 Å². The van der Waals surface area contributed by atoms with Gasteiger partial charge in [-0.25, -0.2) is 0 Å². The predicted octanol–water partition coefficient (Wildman–Crippen LogP) is 11.4. The van der Waals surface area contributed by atoms with Crippen LogP contribution in [0.3, 0.4) is 0 Å². The van der Waals surface area contributed by atoms with Crippen molar-refractivity contribution in [3.05, 3.63) is 146 Å². The van der Waals surface area contributed by atoms with E-state index in [1.165, 1.54) is 85.9 Å². The molecule has 0 saturated heterocycles. The van der Waals surface area contributed by atoms with Gasteiger partial charge < -0.3 is 9.13 Å². The molecule has 0 radical (unpaired) electrons. The Hall–Kier alpha value is -5.38. The summed E-state index contributed by atoms with van der Waals surface area (Å²) in [6, 6.07) is 53.2. The minimum atomic E-state index is 1.18. The number of hydrogen-bond donors (Lipinski definition) is 0. The molecule has 3 heteroatoms. The van der Waals surface area contributed by atoms with Crippen LogP contribution in [0.2, 0.25) is 0 Å². The second-order valence-corrected chi connectivity index (χ2v) is 12.4. The molecule has 0 aliphatic carbocycles. The van der Waals surface area contributed by atoms with Crippen molar-refractivity contribution < 1.29 is 0 Å². The van der Waals surface area contributed by atoms with Crippen LogP contribution in [0.1, 0.15) is 0 Å². The first kappa shape index (κ1) is 23.2. The van der Waals surface area contributed by atoms with E-state index in [0.717, 1.165) is 0 Å². The molecule has 3 heterocycles. The highest BCUT2D eigenvalue weighted by molar-refractivity contribution is 7.27. The Bertz CT molecular complexity index is 2710. The summed E-state index contributed by atoms with van der Waals surface area (Å²) in [5.74, 6) is 0. The summed E-state index contributed by atoms with van der Waals surface area (Å²) in [5, 5.41) is 10.4. The average Bonchev–Trinajstić information content (AvgIpc) is 3.72. The van der Waals surface area contributed by atoms with Gasteiger partial charge in [0.2, 0.25) is 0 Å². The number of thiophene rings is 1. The fraction of sp³-hybridized carbons (Fsp3) is 0. The fourth-order valence-corrected chi connectivity index (χ4v) is 8.57. The Morgan fingerprint density at radius 1 is 0.372 bits per heavy atom. The minimum absolute atomic E-state index is 1.18. The molecular formula is C40H24N2S. The fourth-order valence-electron chi connectivity index (χ4n) is 7.33. The molecule has 3 aromatic heterocycles. The maximum Gasteiger partial charge on any atom is 0.0640 e. The topological polar surface area (TPSA) is 9.86 Å². The number of hydrogen-bond acceptors (Lipinski definition) is 1. The van der Waals surface area contributed by atoms with E-state index in [-0.39, 0.29) is 0 Å². The summed E-state index contributed by atoms with van der Waals surface area (Å²) < 4.78 is 7.63. The smallest absolute Gasteiger partial charge is 0.0640 e. The Morgan fingerprint density at radius 2 is 0.930 bits per heavy atom. The molecule has 10 rings (SSSR count). The summed E-state index contributed by atoms with van der Waals surface area (Å²) >= 11 is 1.91. The molecule has 7 aromatic carbocycles. The predicted molar refractivity (Wildman–Crippen MR) is 186 cm³/mol. The van der Waals surface area contributed by atoms with Gasteiger partial charge in [0, 0.05) is 58.5 Å². The second kappa shape index (κ2) is 8.57. The molecule has 0 aliphatic heterocycles. The van der Waals surface area contributed by atoms with E-state index in [9.17, 15) is 0 Å². The van der Waals surface area contributed by atoms with Crippen molar-refractivity contribution in [2.75, 3.05) is 0 Å². The van der Waals surface area contributed by atoms with E-state index in [2.05, 4.69) is 155 Å². The van der Waals surface area contributed by atoms with Crippen molar-refractivity contribution in [3.8, 4) is 11.4 Å². The maximum absolute atomic E-state index is 2.52. The molecule has 10 aromatic rings. The molecule has 0 aliphatic rings. The van der Waals surface area contributed by atoms with Crippen molar-refractivity contribution in [2.45, 2.75) is 0 Å². The monoisotopic (exact) mass is 564 g/mol. The Balaban J connectivity index is 1.53. The van der Waals surface area contributed by atoms with Crippen LogP contribution in [-0.4, -0.2) is 9.13 Å². The SMILES string of the molecule is c1ccc(-n2c3ccccc3c3cc4c(cc32)c2c3ccccc3c3sc5ccccc5c3c2n4-c2ccccc2)cc1. The van der Waals surface area contributed by atoms with Gasteiger partial charge >= 0.3 is 0 Å². The molecule has 0 N–H and O–H groups in total. The lowest BCUT2D eigenvalue weighted by molar-refractivity contribution is 1.18. The van der Waals surface area contributed by atoms with Crippen LogP contribution in [0.25, 0.3) is 85.9 Å². The summed E-state index contributed by atoms with van der Waals surface area (Å²) in [5.41, 5.74) is 7.33. The van der Waals surface area contributed by atoms with Gasteiger partial charge in [0.1, 0.15) is 0 Å². The molecule has 0 fully saturated rings. The number of benzene rings is 7. The first-order valence-electron chi connectivity index (χ1n) is 14.7. The largest absolute Gasteiger partial charge is 0.309 e. The molecule has 2 nitrogen and oxygen atoms in total. The van der Waals surface area contributed by atoms with E-state index < -0.39 is 0 Å². The number of aromatic nitrogens is 2. The molecule has 0 bridgehead atoms. The van der Waals surface area contributed by atoms with Crippen molar-refractivity contribution >= 4 is 85.9 Å². The summed E-state index contributed by atoms with van der Waals surface area (Å²) in [6.45, 7) is 0. The molecule has 0 saturated carbocycles. The number of nitrogens with zero attached hydrogens (tertiary/aromatic N) is 2. The lowest BCUT2D eigenvalue weighted by atomic mass is 9.99. The first-order chi connectivity index (χ1) is 21.4. The Morgan fingerprint density at radius 3 is 1.70 bits per heavy atom. The van der Waals surface area contributed by atoms with Gasteiger partial charge in [-0.05, 0) is 53.9 Å². The van der Waals surface area contributed by atoms with E-state index in [0.29, 0.717) is 0 Å². The summed E-state index contributed by atoms with van der Waals surface area (Å²) in [7, 11) is 0. The minimum Gasteiger partial charge on any atom is -0.309 e. The quantitative estimate of drug-likeness (QED) is 0.198. The van der Waals surface area contributed by atoms with Gasteiger partial charge in [0.15, 0.2) is 0 Å². The van der Waals surface area contributed by atoms with Crippen LogP contribution < -0.4 is 0 Å². The summed E-state index contributed by atoms with van der Waals surface area (Å²) in [6.07, 6.45) is 0. The van der Waals surface area contributed by atoms with Gasteiger partial charge in [-0.3, -0.25) is 0 Å². The van der Waals surface area contributed by atoms with E-state index in [1.807, 2.05) is 11.3 Å². The third kappa shape index (κ3) is 3.07. The lowest BCUT2D eigenvalue weighted by Crippen LogP contribution is -1.94. The van der Waals surface area contributed by atoms with Crippen molar-refractivity contribution in [2.24, 2.45) is 0 Å². The Kier molecular flexibility index (Phi) is 4.63. The Labute approximate surface area is 251 Å². The standard InChI is InChI=1S/C40H24N2S/c1-3-13-25(14-4-1)41-33-21-11-9-17-27(33)31-23-35-32(24-34(31)41)37-28-18-7-8-19-29(28)40-38(30-20-10-12-22-36(30)43-40)39(37)42(35)26-15-5-2-6-16-26/h1-24H. The number of para-hydroxylation sites is 3. The van der Waals surface area contributed by atoms with Crippen molar-refractivity contribution in [1.82, 2.24) is 9.13 Å². The normalized spacial score (nSPS) is 12.2. The van der Waals surface area contributed by atoms with Gasteiger partial charge in [-0.2, -0.15) is 0 Å². The van der Waals surface area contributed by atoms with Gasteiger partial charge in [-0.1, -0.05) is 97.1 Å². The highest BCUT2D eigenvalue weighted by Gasteiger charge is 2.23. The molecule has 0 unspecified atom stereocenters.